The van der Waals surface area contributed by atoms with Crippen LogP contribution in [0.15, 0.2) is 69.4 Å². The number of fused-ring (bicyclic) bond motifs is 3. The summed E-state index contributed by atoms with van der Waals surface area (Å²) in [6.45, 7) is 1.71. The second kappa shape index (κ2) is 6.96. The van der Waals surface area contributed by atoms with E-state index in [1.807, 2.05) is 42.5 Å². The Morgan fingerprint density at radius 2 is 2.07 bits per heavy atom. The number of Topliss-reactive ketones (excluding diaryl/α,β-unsaturated/α-hetero) is 1. The minimum Gasteiger partial charge on any atom is -0.478 e. The van der Waals surface area contributed by atoms with E-state index in [-0.39, 0.29) is 5.78 Å². The summed E-state index contributed by atoms with van der Waals surface area (Å²) < 4.78 is 18.3. The molecule has 28 heavy (non-hydrogen) atoms. The Hall–Kier alpha value is -2.83. The number of halogens is 1. The van der Waals surface area contributed by atoms with Gasteiger partial charge in [0.2, 0.25) is 5.78 Å². The first-order valence-electron chi connectivity index (χ1n) is 8.90. The molecule has 3 heterocycles. The minimum atomic E-state index is -0.110. The van der Waals surface area contributed by atoms with Crippen LogP contribution in [-0.4, -0.2) is 17.4 Å². The fraction of sp³-hybridized carbons (Fsp3) is 0.136. The molecule has 0 spiro atoms. The number of hydrogen-bond donors (Lipinski definition) is 0. The van der Waals surface area contributed by atoms with Gasteiger partial charge in [-0.2, -0.15) is 0 Å². The lowest BCUT2D eigenvalue weighted by molar-refractivity contribution is 0.0810. The van der Waals surface area contributed by atoms with Gasteiger partial charge in [0.05, 0.1) is 23.9 Å². The topological polar surface area (TPSA) is 51.9 Å². The van der Waals surface area contributed by atoms with Crippen LogP contribution in [0.2, 0.25) is 0 Å². The molecule has 0 N–H and O–H groups in total. The van der Waals surface area contributed by atoms with E-state index >= 15 is 0 Å². The normalized spacial score (nSPS) is 17.2. The third kappa shape index (κ3) is 3.15. The molecule has 2 aliphatic rings. The Morgan fingerprint density at radius 1 is 1.14 bits per heavy atom. The molecule has 2 aromatic carbocycles. The number of hydrogen-bond acceptors (Lipinski definition) is 5. The van der Waals surface area contributed by atoms with Gasteiger partial charge in [-0.05, 0) is 48.0 Å². The molecule has 1 aromatic heterocycles. The summed E-state index contributed by atoms with van der Waals surface area (Å²) in [7, 11) is 0. The predicted octanol–water partition coefficient (Wildman–Crippen LogP) is 5.01. The van der Waals surface area contributed by atoms with Crippen molar-refractivity contribution >= 4 is 27.8 Å². The molecule has 0 amide bonds. The number of ether oxygens (including phenoxy) is 2. The van der Waals surface area contributed by atoms with Gasteiger partial charge in [0, 0.05) is 11.0 Å². The zero-order chi connectivity index (χ0) is 19.1. The SMILES string of the molecule is O=C1/C(=C/c2cccc(Br)c2)Oc2c1ccc1c2CN(Cc2ccco2)CO1. The van der Waals surface area contributed by atoms with Gasteiger partial charge in [-0.15, -0.1) is 0 Å². The van der Waals surface area contributed by atoms with E-state index in [0.29, 0.717) is 36.9 Å². The fourth-order valence-corrected chi connectivity index (χ4v) is 3.89. The Balaban J connectivity index is 1.45. The Labute approximate surface area is 170 Å². The van der Waals surface area contributed by atoms with Gasteiger partial charge in [0.25, 0.3) is 0 Å². The molecule has 0 bridgehead atoms. The van der Waals surface area contributed by atoms with Crippen molar-refractivity contribution < 1.29 is 18.7 Å². The van der Waals surface area contributed by atoms with Crippen molar-refractivity contribution in [3.63, 3.8) is 0 Å². The average Bonchev–Trinajstić information content (AvgIpc) is 3.31. The average molecular weight is 438 g/mol. The summed E-state index contributed by atoms with van der Waals surface area (Å²) in [5.74, 6) is 2.43. The largest absolute Gasteiger partial charge is 0.478 e. The number of nitrogens with zero attached hydrogens (tertiary/aromatic N) is 1. The smallest absolute Gasteiger partial charge is 0.231 e. The van der Waals surface area contributed by atoms with Crippen molar-refractivity contribution in [2.75, 3.05) is 6.73 Å². The molecule has 5 rings (SSSR count). The van der Waals surface area contributed by atoms with Crippen LogP contribution in [0.5, 0.6) is 11.5 Å². The maximum atomic E-state index is 12.8. The van der Waals surface area contributed by atoms with Crippen molar-refractivity contribution in [2.24, 2.45) is 0 Å². The van der Waals surface area contributed by atoms with E-state index in [1.54, 1.807) is 18.4 Å². The van der Waals surface area contributed by atoms with Gasteiger partial charge in [-0.3, -0.25) is 9.69 Å². The molecule has 0 aliphatic carbocycles. The van der Waals surface area contributed by atoms with Crippen molar-refractivity contribution in [3.8, 4) is 11.5 Å². The molecule has 6 heteroatoms. The molecule has 140 valence electrons. The van der Waals surface area contributed by atoms with Gasteiger partial charge < -0.3 is 13.9 Å². The van der Waals surface area contributed by atoms with Crippen LogP contribution in [-0.2, 0) is 13.1 Å². The predicted molar refractivity (Wildman–Crippen MR) is 107 cm³/mol. The Bertz CT molecular complexity index is 1090. The summed E-state index contributed by atoms with van der Waals surface area (Å²) in [5.41, 5.74) is 2.36. The summed E-state index contributed by atoms with van der Waals surface area (Å²) >= 11 is 3.45. The molecule has 0 saturated heterocycles. The van der Waals surface area contributed by atoms with Gasteiger partial charge in [-0.25, -0.2) is 0 Å². The highest BCUT2D eigenvalue weighted by Gasteiger charge is 2.33. The molecular weight excluding hydrogens is 422 g/mol. The van der Waals surface area contributed by atoms with E-state index in [4.69, 9.17) is 13.9 Å². The molecular formula is C22H16BrNO4. The van der Waals surface area contributed by atoms with E-state index < -0.39 is 0 Å². The third-order valence-corrected chi connectivity index (χ3v) is 5.28. The van der Waals surface area contributed by atoms with Crippen molar-refractivity contribution in [1.29, 1.82) is 0 Å². The van der Waals surface area contributed by atoms with Crippen LogP contribution in [0.4, 0.5) is 0 Å². The van der Waals surface area contributed by atoms with Crippen LogP contribution in [0, 0.1) is 0 Å². The quantitative estimate of drug-likeness (QED) is 0.539. The standard InChI is InChI=1S/C22H16BrNO4/c23-15-4-1-3-14(9-15)10-20-21(25)17-6-7-19-18(22(17)28-20)12-24(13-27-19)11-16-5-2-8-26-16/h1-10H,11-13H2/b20-10-. The van der Waals surface area contributed by atoms with E-state index in [0.717, 1.165) is 27.1 Å². The zero-order valence-electron chi connectivity index (χ0n) is 14.9. The first kappa shape index (κ1) is 17.3. The molecule has 0 unspecified atom stereocenters. The second-order valence-electron chi connectivity index (χ2n) is 6.75. The Kier molecular flexibility index (Phi) is 4.30. The number of rotatable bonds is 3. The molecule has 0 saturated carbocycles. The zero-order valence-corrected chi connectivity index (χ0v) is 16.4. The van der Waals surface area contributed by atoms with Crippen LogP contribution < -0.4 is 9.47 Å². The summed E-state index contributed by atoms with van der Waals surface area (Å²) in [6.07, 6.45) is 3.43. The van der Waals surface area contributed by atoms with Crippen LogP contribution in [0.25, 0.3) is 6.08 Å². The van der Waals surface area contributed by atoms with E-state index in [1.165, 1.54) is 0 Å². The van der Waals surface area contributed by atoms with Crippen molar-refractivity contribution in [3.05, 3.63) is 87.5 Å². The van der Waals surface area contributed by atoms with Crippen LogP contribution in [0.3, 0.4) is 0 Å². The first-order valence-corrected chi connectivity index (χ1v) is 9.70. The number of allylic oxidation sites excluding steroid dienone is 1. The number of carbonyl (C=O) groups excluding carboxylic acids is 1. The molecule has 0 radical (unpaired) electrons. The van der Waals surface area contributed by atoms with Gasteiger partial charge >= 0.3 is 0 Å². The molecule has 2 aliphatic heterocycles. The fourth-order valence-electron chi connectivity index (χ4n) is 3.48. The Morgan fingerprint density at radius 3 is 2.89 bits per heavy atom. The second-order valence-corrected chi connectivity index (χ2v) is 7.67. The molecule has 0 fully saturated rings. The molecule has 0 atom stereocenters. The summed E-state index contributed by atoms with van der Waals surface area (Å²) in [4.78, 5) is 14.9. The molecule has 3 aromatic rings. The monoisotopic (exact) mass is 437 g/mol. The minimum absolute atomic E-state index is 0.110. The highest BCUT2D eigenvalue weighted by molar-refractivity contribution is 9.10. The summed E-state index contributed by atoms with van der Waals surface area (Å²) in [5, 5.41) is 0. The summed E-state index contributed by atoms with van der Waals surface area (Å²) in [6, 6.07) is 15.2. The first-order chi connectivity index (χ1) is 13.7. The van der Waals surface area contributed by atoms with Crippen LogP contribution in [0.1, 0.15) is 27.2 Å². The van der Waals surface area contributed by atoms with Crippen molar-refractivity contribution in [1.82, 2.24) is 4.90 Å². The third-order valence-electron chi connectivity index (χ3n) is 4.79. The highest BCUT2D eigenvalue weighted by Crippen LogP contribution is 2.42. The van der Waals surface area contributed by atoms with Crippen molar-refractivity contribution in [2.45, 2.75) is 13.1 Å². The lowest BCUT2D eigenvalue weighted by Gasteiger charge is -2.29. The van der Waals surface area contributed by atoms with Crippen LogP contribution >= 0.6 is 15.9 Å². The number of ketones is 1. The van der Waals surface area contributed by atoms with E-state index in [9.17, 15) is 4.79 Å². The van der Waals surface area contributed by atoms with E-state index in [2.05, 4.69) is 20.8 Å². The lowest BCUT2D eigenvalue weighted by atomic mass is 10.0. The number of carbonyl (C=O) groups is 1. The van der Waals surface area contributed by atoms with Gasteiger partial charge in [-0.1, -0.05) is 28.1 Å². The maximum Gasteiger partial charge on any atom is 0.231 e. The maximum absolute atomic E-state index is 12.8. The number of furan rings is 1. The number of benzene rings is 2. The molecule has 5 nitrogen and oxygen atoms in total. The van der Waals surface area contributed by atoms with Gasteiger partial charge in [0.15, 0.2) is 5.76 Å². The van der Waals surface area contributed by atoms with Gasteiger partial charge in [0.1, 0.15) is 24.0 Å². The highest BCUT2D eigenvalue weighted by atomic mass is 79.9. The lowest BCUT2D eigenvalue weighted by Crippen LogP contribution is -2.31.